The Balaban J connectivity index is 1.43. The highest BCUT2D eigenvalue weighted by molar-refractivity contribution is 5.88. The summed E-state index contributed by atoms with van der Waals surface area (Å²) in [6.45, 7) is 11.5. The molecule has 0 radical (unpaired) electrons. The zero-order chi connectivity index (χ0) is 29.5. The highest BCUT2D eigenvalue weighted by Crippen LogP contribution is 2.35. The van der Waals surface area contributed by atoms with E-state index in [2.05, 4.69) is 24.5 Å². The van der Waals surface area contributed by atoms with Crippen molar-refractivity contribution in [3.63, 3.8) is 0 Å². The van der Waals surface area contributed by atoms with Crippen LogP contribution in [0.15, 0.2) is 64.2 Å². The van der Waals surface area contributed by atoms with Crippen LogP contribution in [0.2, 0.25) is 0 Å². The minimum atomic E-state index is -0.743. The average Bonchev–Trinajstić information content (AvgIpc) is 3.27. The van der Waals surface area contributed by atoms with Crippen molar-refractivity contribution in [3.8, 4) is 28.0 Å². The largest absolute Gasteiger partial charge is 0.477 e. The van der Waals surface area contributed by atoms with Gasteiger partial charge in [-0.3, -0.25) is 9.59 Å². The first-order chi connectivity index (χ1) is 19.5. The standard InChI is InChI=1S/C33H33N3O5/c1-7-25-35-28-19(2)16-20(3)34-32(28)36(25)17-21-12-14-22(15-13-21)23-10-8-9-11-24(23)27-29(38)30(39)31(27)40-18-26(37)41-33(4,5)6/h8-16H,7,17-18H2,1-6H3. The molecule has 0 aliphatic heterocycles. The fourth-order valence-electron chi connectivity index (χ4n) is 5.06. The van der Waals surface area contributed by atoms with E-state index in [1.54, 1.807) is 32.9 Å². The number of carbonyl (C=O) groups is 1. The fourth-order valence-corrected chi connectivity index (χ4v) is 5.06. The lowest BCUT2D eigenvalue weighted by Gasteiger charge is -2.20. The van der Waals surface area contributed by atoms with E-state index in [-0.39, 0.29) is 11.3 Å². The number of aromatic nitrogens is 3. The molecule has 8 nitrogen and oxygen atoms in total. The maximum atomic E-state index is 12.7. The quantitative estimate of drug-likeness (QED) is 0.190. The number of esters is 1. The van der Waals surface area contributed by atoms with Gasteiger partial charge in [0.2, 0.25) is 5.43 Å². The topological polar surface area (TPSA) is 100 Å². The molecule has 0 unspecified atom stereocenters. The molecule has 5 rings (SSSR count). The number of aryl methyl sites for hydroxylation is 3. The summed E-state index contributed by atoms with van der Waals surface area (Å²) in [6, 6.07) is 17.5. The maximum Gasteiger partial charge on any atom is 0.344 e. The fraction of sp³-hybridized carbons (Fsp3) is 0.303. The molecule has 3 aromatic carbocycles. The maximum absolute atomic E-state index is 12.7. The number of hydrogen-bond acceptors (Lipinski definition) is 7. The summed E-state index contributed by atoms with van der Waals surface area (Å²) in [5.41, 5.74) is 5.31. The van der Waals surface area contributed by atoms with Crippen LogP contribution in [-0.4, -0.2) is 32.7 Å². The first-order valence-electron chi connectivity index (χ1n) is 13.7. The first-order valence-corrected chi connectivity index (χ1v) is 13.7. The van der Waals surface area contributed by atoms with Gasteiger partial charge in [0.15, 0.2) is 18.0 Å². The number of nitrogens with zero attached hydrogens (tertiary/aromatic N) is 3. The Morgan fingerprint density at radius 1 is 0.927 bits per heavy atom. The highest BCUT2D eigenvalue weighted by Gasteiger charge is 2.27. The van der Waals surface area contributed by atoms with Gasteiger partial charge in [0.05, 0.1) is 12.1 Å². The number of pyridine rings is 1. The first kappa shape index (κ1) is 28.0. The van der Waals surface area contributed by atoms with Crippen LogP contribution in [0.4, 0.5) is 0 Å². The van der Waals surface area contributed by atoms with Crippen LogP contribution in [0.1, 0.15) is 50.3 Å². The van der Waals surface area contributed by atoms with E-state index in [0.29, 0.717) is 12.1 Å². The van der Waals surface area contributed by atoms with Crippen LogP contribution in [0, 0.1) is 13.8 Å². The molecule has 41 heavy (non-hydrogen) atoms. The van der Waals surface area contributed by atoms with Crippen LogP contribution in [0.5, 0.6) is 5.75 Å². The zero-order valence-corrected chi connectivity index (χ0v) is 24.2. The molecule has 0 atom stereocenters. The van der Waals surface area contributed by atoms with Gasteiger partial charge in [-0.05, 0) is 68.5 Å². The normalized spacial score (nSPS) is 11.8. The molecule has 2 aromatic heterocycles. The molecule has 8 heteroatoms. The molecular weight excluding hydrogens is 518 g/mol. The van der Waals surface area contributed by atoms with Crippen molar-refractivity contribution in [1.82, 2.24) is 14.5 Å². The molecule has 0 spiro atoms. The molecule has 0 aliphatic rings. The third-order valence-electron chi connectivity index (χ3n) is 6.84. The van der Waals surface area contributed by atoms with Crippen molar-refractivity contribution in [2.24, 2.45) is 0 Å². The van der Waals surface area contributed by atoms with Crippen molar-refractivity contribution in [2.45, 2.75) is 60.1 Å². The summed E-state index contributed by atoms with van der Waals surface area (Å²) in [4.78, 5) is 46.8. The van der Waals surface area contributed by atoms with Crippen molar-refractivity contribution in [1.29, 1.82) is 0 Å². The predicted octanol–water partition coefficient (Wildman–Crippen LogP) is 5.31. The summed E-state index contributed by atoms with van der Waals surface area (Å²) >= 11 is 0. The van der Waals surface area contributed by atoms with E-state index in [0.717, 1.165) is 51.4 Å². The Morgan fingerprint density at radius 2 is 1.61 bits per heavy atom. The number of fused-ring (bicyclic) bond motifs is 1. The molecule has 0 saturated carbocycles. The Hall–Kier alpha value is -4.59. The molecule has 210 valence electrons. The molecule has 0 N–H and O–H groups in total. The van der Waals surface area contributed by atoms with Gasteiger partial charge in [0, 0.05) is 12.1 Å². The van der Waals surface area contributed by atoms with Gasteiger partial charge in [-0.25, -0.2) is 14.8 Å². The van der Waals surface area contributed by atoms with Crippen LogP contribution >= 0.6 is 0 Å². The van der Waals surface area contributed by atoms with Gasteiger partial charge in [0.1, 0.15) is 16.9 Å². The summed E-state index contributed by atoms with van der Waals surface area (Å²) < 4.78 is 12.9. The lowest BCUT2D eigenvalue weighted by atomic mass is 9.91. The highest BCUT2D eigenvalue weighted by atomic mass is 16.6. The summed E-state index contributed by atoms with van der Waals surface area (Å²) in [7, 11) is 0. The molecule has 0 aliphatic carbocycles. The van der Waals surface area contributed by atoms with Gasteiger partial charge in [-0.2, -0.15) is 0 Å². The molecule has 0 amide bonds. The molecular formula is C33H33N3O5. The van der Waals surface area contributed by atoms with Crippen LogP contribution in [0.25, 0.3) is 33.4 Å². The molecule has 0 bridgehead atoms. The number of ether oxygens (including phenoxy) is 2. The Kier molecular flexibility index (Phi) is 7.34. The average molecular weight is 552 g/mol. The third-order valence-corrected chi connectivity index (χ3v) is 6.84. The van der Waals surface area contributed by atoms with E-state index in [1.165, 1.54) is 0 Å². The second-order valence-electron chi connectivity index (χ2n) is 11.2. The molecule has 0 saturated heterocycles. The van der Waals surface area contributed by atoms with Gasteiger partial charge >= 0.3 is 5.97 Å². The predicted molar refractivity (Wildman–Crippen MR) is 159 cm³/mol. The number of benzene rings is 2. The van der Waals surface area contributed by atoms with Crippen LogP contribution < -0.4 is 15.6 Å². The second kappa shape index (κ2) is 10.8. The minimum absolute atomic E-state index is 0.109. The van der Waals surface area contributed by atoms with Crippen LogP contribution in [-0.2, 0) is 22.5 Å². The van der Waals surface area contributed by atoms with Gasteiger partial charge in [-0.15, -0.1) is 0 Å². The smallest absolute Gasteiger partial charge is 0.344 e. The van der Waals surface area contributed by atoms with E-state index < -0.39 is 29.0 Å². The number of carbonyl (C=O) groups excluding carboxylic acids is 1. The van der Waals surface area contributed by atoms with Crippen molar-refractivity contribution in [3.05, 3.63) is 97.7 Å². The van der Waals surface area contributed by atoms with Crippen molar-refractivity contribution >= 4 is 17.1 Å². The van der Waals surface area contributed by atoms with Crippen LogP contribution in [0.3, 0.4) is 0 Å². The summed E-state index contributed by atoms with van der Waals surface area (Å²) in [6.07, 6.45) is 0.792. The Labute approximate surface area is 238 Å². The van der Waals surface area contributed by atoms with E-state index in [9.17, 15) is 14.4 Å². The minimum Gasteiger partial charge on any atom is -0.477 e. The number of rotatable bonds is 8. The van der Waals surface area contributed by atoms with Crippen molar-refractivity contribution < 1.29 is 14.3 Å². The van der Waals surface area contributed by atoms with E-state index in [4.69, 9.17) is 19.4 Å². The molecule has 2 heterocycles. The van der Waals surface area contributed by atoms with E-state index in [1.807, 2.05) is 43.3 Å². The lowest BCUT2D eigenvalue weighted by Crippen LogP contribution is -2.36. The van der Waals surface area contributed by atoms with Gasteiger partial charge in [-0.1, -0.05) is 55.5 Å². The number of imidazole rings is 1. The van der Waals surface area contributed by atoms with Gasteiger partial charge < -0.3 is 14.0 Å². The second-order valence-corrected chi connectivity index (χ2v) is 11.2. The Morgan fingerprint density at radius 3 is 2.27 bits per heavy atom. The van der Waals surface area contributed by atoms with Gasteiger partial charge in [0.25, 0.3) is 5.43 Å². The van der Waals surface area contributed by atoms with E-state index >= 15 is 0 Å². The van der Waals surface area contributed by atoms with Crippen molar-refractivity contribution in [2.75, 3.05) is 6.61 Å². The SMILES string of the molecule is CCc1nc2c(C)cc(C)nc2n1Cc1ccc(-c2ccccc2-c2c(OCC(=O)OC(C)(C)C)c(=O)c2=O)cc1. The lowest BCUT2D eigenvalue weighted by molar-refractivity contribution is -0.157. The third kappa shape index (κ3) is 5.55. The summed E-state index contributed by atoms with van der Waals surface area (Å²) in [5.74, 6) is 0.259. The number of hydrogen-bond donors (Lipinski definition) is 0. The Bertz CT molecular complexity index is 1830. The molecule has 5 aromatic rings. The zero-order valence-electron chi connectivity index (χ0n) is 24.2. The molecule has 0 fully saturated rings. The monoisotopic (exact) mass is 551 g/mol. The summed E-state index contributed by atoms with van der Waals surface area (Å²) in [5, 5.41) is 0.